The molecule has 0 aromatic carbocycles. The summed E-state index contributed by atoms with van der Waals surface area (Å²) < 4.78 is 13.5. The molecule has 1 unspecified atom stereocenters. The molecular weight excluding hydrogens is 167 g/mol. The summed E-state index contributed by atoms with van der Waals surface area (Å²) in [5, 5.41) is 7.65. The lowest BCUT2D eigenvalue weighted by atomic mass is 10.1. The predicted octanol–water partition coefficient (Wildman–Crippen LogP) is 4.11. The van der Waals surface area contributed by atoms with Crippen LogP contribution in [0.5, 0.6) is 0 Å². The molecule has 0 fully saturated rings. The zero-order valence-corrected chi connectivity index (χ0v) is 9.39. The highest BCUT2D eigenvalue weighted by Crippen LogP contribution is 2.22. The van der Waals surface area contributed by atoms with Gasteiger partial charge in [-0.3, -0.25) is 0 Å². The SMILES string of the molecule is CCCCC(C)(F)N=NC(C)(C)C. The standard InChI is InChI=1S/C10H21FN2/c1-6-7-8-10(5,11)13-12-9(2,3)4/h6-8H2,1-5H3. The van der Waals surface area contributed by atoms with E-state index in [9.17, 15) is 4.39 Å². The van der Waals surface area contributed by atoms with Crippen molar-refractivity contribution in [2.75, 3.05) is 0 Å². The first-order valence-electron chi connectivity index (χ1n) is 4.90. The first-order valence-corrected chi connectivity index (χ1v) is 4.90. The molecule has 78 valence electrons. The van der Waals surface area contributed by atoms with Crippen molar-refractivity contribution in [3.05, 3.63) is 0 Å². The summed E-state index contributed by atoms with van der Waals surface area (Å²) in [6.07, 6.45) is 2.31. The van der Waals surface area contributed by atoms with Gasteiger partial charge in [-0.15, -0.1) is 0 Å². The number of rotatable bonds is 4. The minimum absolute atomic E-state index is 0.278. The number of alkyl halides is 1. The average Bonchev–Trinajstić information content (AvgIpc) is 1.97. The monoisotopic (exact) mass is 188 g/mol. The second kappa shape index (κ2) is 4.68. The molecule has 0 aromatic heterocycles. The van der Waals surface area contributed by atoms with Gasteiger partial charge >= 0.3 is 0 Å². The molecule has 1 atom stereocenters. The molecule has 0 saturated carbocycles. The summed E-state index contributed by atoms with van der Waals surface area (Å²) in [5.74, 6) is -1.48. The molecule has 0 N–H and O–H groups in total. The van der Waals surface area contributed by atoms with Crippen LogP contribution in [-0.2, 0) is 0 Å². The lowest BCUT2D eigenvalue weighted by Gasteiger charge is -2.16. The van der Waals surface area contributed by atoms with Crippen molar-refractivity contribution in [3.63, 3.8) is 0 Å². The van der Waals surface area contributed by atoms with Gasteiger partial charge in [0.25, 0.3) is 0 Å². The van der Waals surface area contributed by atoms with Crippen LogP contribution >= 0.6 is 0 Å². The van der Waals surface area contributed by atoms with Crippen molar-refractivity contribution in [2.45, 2.75) is 65.2 Å². The number of nitrogens with zero attached hydrogens (tertiary/aromatic N) is 2. The molecule has 0 spiro atoms. The van der Waals surface area contributed by atoms with Crippen LogP contribution in [0, 0.1) is 0 Å². The molecule has 3 heteroatoms. The lowest BCUT2D eigenvalue weighted by Crippen LogP contribution is -2.17. The zero-order valence-electron chi connectivity index (χ0n) is 9.39. The van der Waals surface area contributed by atoms with Gasteiger partial charge in [0.1, 0.15) is 0 Å². The maximum absolute atomic E-state index is 13.5. The molecule has 0 radical (unpaired) electrons. The largest absolute Gasteiger partial charge is 0.217 e. The Morgan fingerprint density at radius 1 is 1.08 bits per heavy atom. The number of halogens is 1. The molecule has 0 amide bonds. The fourth-order valence-electron chi connectivity index (χ4n) is 0.804. The summed E-state index contributed by atoms with van der Waals surface area (Å²) >= 11 is 0. The maximum Gasteiger partial charge on any atom is 0.216 e. The Balaban J connectivity index is 4.08. The van der Waals surface area contributed by atoms with Gasteiger partial charge in [0.05, 0.1) is 5.54 Å². The smallest absolute Gasteiger partial charge is 0.216 e. The Hall–Kier alpha value is -0.470. The van der Waals surface area contributed by atoms with Crippen LogP contribution in [0.4, 0.5) is 4.39 Å². The van der Waals surface area contributed by atoms with Gasteiger partial charge in [0.2, 0.25) is 5.79 Å². The van der Waals surface area contributed by atoms with Crippen LogP contribution in [0.1, 0.15) is 53.9 Å². The molecule has 0 aliphatic carbocycles. The van der Waals surface area contributed by atoms with Crippen molar-refractivity contribution < 1.29 is 4.39 Å². The van der Waals surface area contributed by atoms with E-state index in [2.05, 4.69) is 10.2 Å². The number of unbranched alkanes of at least 4 members (excludes halogenated alkanes) is 1. The minimum Gasteiger partial charge on any atom is -0.217 e. The summed E-state index contributed by atoms with van der Waals surface area (Å²) in [7, 11) is 0. The highest BCUT2D eigenvalue weighted by molar-refractivity contribution is 4.72. The second-order valence-electron chi connectivity index (χ2n) is 4.62. The third-order valence-corrected chi connectivity index (χ3v) is 1.55. The van der Waals surface area contributed by atoms with E-state index in [1.54, 1.807) is 0 Å². The van der Waals surface area contributed by atoms with E-state index >= 15 is 0 Å². The normalized spacial score (nSPS) is 17.7. The second-order valence-corrected chi connectivity index (χ2v) is 4.62. The average molecular weight is 188 g/mol. The van der Waals surface area contributed by atoms with E-state index in [1.165, 1.54) is 6.92 Å². The van der Waals surface area contributed by atoms with Crippen LogP contribution < -0.4 is 0 Å². The van der Waals surface area contributed by atoms with E-state index < -0.39 is 5.79 Å². The molecule has 0 saturated heterocycles. The van der Waals surface area contributed by atoms with Crippen LogP contribution in [0.3, 0.4) is 0 Å². The Kier molecular flexibility index (Phi) is 4.51. The third kappa shape index (κ3) is 7.88. The van der Waals surface area contributed by atoms with E-state index in [1.807, 2.05) is 27.7 Å². The van der Waals surface area contributed by atoms with E-state index in [0.29, 0.717) is 6.42 Å². The Labute approximate surface area is 80.6 Å². The first-order chi connectivity index (χ1) is 5.77. The fraction of sp³-hybridized carbons (Fsp3) is 1.00. The molecule has 13 heavy (non-hydrogen) atoms. The van der Waals surface area contributed by atoms with Crippen molar-refractivity contribution in [1.29, 1.82) is 0 Å². The van der Waals surface area contributed by atoms with Crippen molar-refractivity contribution >= 4 is 0 Å². The molecule has 2 nitrogen and oxygen atoms in total. The van der Waals surface area contributed by atoms with Crippen LogP contribution in [0.15, 0.2) is 10.2 Å². The van der Waals surface area contributed by atoms with E-state index in [-0.39, 0.29) is 5.54 Å². The Morgan fingerprint density at radius 2 is 1.62 bits per heavy atom. The molecule has 0 heterocycles. The van der Waals surface area contributed by atoms with Gasteiger partial charge in [-0.25, -0.2) is 4.39 Å². The fourth-order valence-corrected chi connectivity index (χ4v) is 0.804. The van der Waals surface area contributed by atoms with Crippen LogP contribution in [0.2, 0.25) is 0 Å². The summed E-state index contributed by atoms with van der Waals surface area (Å²) in [5.41, 5.74) is -0.278. The molecule has 0 aliphatic heterocycles. The van der Waals surface area contributed by atoms with Gasteiger partial charge in [-0.1, -0.05) is 13.3 Å². The molecule has 0 rings (SSSR count). The predicted molar refractivity (Wildman–Crippen MR) is 53.6 cm³/mol. The highest BCUT2D eigenvalue weighted by Gasteiger charge is 2.22. The van der Waals surface area contributed by atoms with Gasteiger partial charge < -0.3 is 0 Å². The molecule has 0 bridgehead atoms. The quantitative estimate of drug-likeness (QED) is 0.468. The number of hydrogen-bond acceptors (Lipinski definition) is 2. The van der Waals surface area contributed by atoms with Crippen molar-refractivity contribution in [3.8, 4) is 0 Å². The topological polar surface area (TPSA) is 24.7 Å². The van der Waals surface area contributed by atoms with Crippen LogP contribution in [0.25, 0.3) is 0 Å². The summed E-state index contributed by atoms with van der Waals surface area (Å²) in [6.45, 7) is 9.25. The first kappa shape index (κ1) is 12.5. The Morgan fingerprint density at radius 3 is 2.00 bits per heavy atom. The Bertz CT molecular complexity index is 168. The van der Waals surface area contributed by atoms with Crippen molar-refractivity contribution in [2.24, 2.45) is 10.2 Å². The number of hydrogen-bond donors (Lipinski definition) is 0. The van der Waals surface area contributed by atoms with Gasteiger partial charge in [0, 0.05) is 6.42 Å². The number of azo groups is 1. The molecule has 0 aromatic rings. The zero-order chi connectivity index (χ0) is 10.5. The summed E-state index contributed by atoms with van der Waals surface area (Å²) in [4.78, 5) is 0. The lowest BCUT2D eigenvalue weighted by molar-refractivity contribution is 0.166. The van der Waals surface area contributed by atoms with Gasteiger partial charge in [-0.05, 0) is 34.1 Å². The van der Waals surface area contributed by atoms with Gasteiger partial charge in [-0.2, -0.15) is 10.2 Å². The molecule has 0 aliphatic rings. The van der Waals surface area contributed by atoms with E-state index in [4.69, 9.17) is 0 Å². The third-order valence-electron chi connectivity index (χ3n) is 1.55. The maximum atomic E-state index is 13.5. The van der Waals surface area contributed by atoms with Gasteiger partial charge in [0.15, 0.2) is 0 Å². The highest BCUT2D eigenvalue weighted by atomic mass is 19.1. The minimum atomic E-state index is -1.48. The van der Waals surface area contributed by atoms with Crippen molar-refractivity contribution in [1.82, 2.24) is 0 Å². The summed E-state index contributed by atoms with van der Waals surface area (Å²) in [6, 6.07) is 0. The van der Waals surface area contributed by atoms with Crippen LogP contribution in [-0.4, -0.2) is 11.3 Å². The van der Waals surface area contributed by atoms with E-state index in [0.717, 1.165) is 12.8 Å². The molecular formula is C10H21FN2.